The molecule has 0 aromatic carbocycles. The lowest BCUT2D eigenvalue weighted by Crippen LogP contribution is -2.20. The first kappa shape index (κ1) is 15.2. The van der Waals surface area contributed by atoms with Gasteiger partial charge in [-0.2, -0.15) is 4.98 Å². The summed E-state index contributed by atoms with van der Waals surface area (Å²) in [5.74, 6) is 1.12. The average Bonchev–Trinajstić information content (AvgIpc) is 2.37. The first-order valence-corrected chi connectivity index (χ1v) is 6.97. The summed E-state index contributed by atoms with van der Waals surface area (Å²) in [5.41, 5.74) is 0. The molecule has 1 atom stereocenters. The molecule has 0 aliphatic carbocycles. The summed E-state index contributed by atoms with van der Waals surface area (Å²) in [7, 11) is 0. The second kappa shape index (κ2) is 8.26. The van der Waals surface area contributed by atoms with Crippen molar-refractivity contribution in [2.45, 2.75) is 33.3 Å². The molecule has 1 aromatic rings. The van der Waals surface area contributed by atoms with Crippen LogP contribution >= 0.6 is 15.9 Å². The highest BCUT2D eigenvalue weighted by Crippen LogP contribution is 2.23. The van der Waals surface area contributed by atoms with Gasteiger partial charge in [0.15, 0.2) is 0 Å². The molecule has 0 spiro atoms. The molecular formula is C12H20BrN3O2. The number of nitrogens with zero attached hydrogens (tertiary/aromatic N) is 2. The summed E-state index contributed by atoms with van der Waals surface area (Å²) in [6.45, 7) is 8.07. The molecule has 6 heteroatoms. The Morgan fingerprint density at radius 3 is 2.89 bits per heavy atom. The molecule has 5 nitrogen and oxygen atoms in total. The smallest absolute Gasteiger partial charge is 0.233 e. The molecule has 1 aromatic heterocycles. The zero-order valence-electron chi connectivity index (χ0n) is 11.1. The van der Waals surface area contributed by atoms with Gasteiger partial charge < -0.3 is 14.8 Å². The third-order valence-corrected chi connectivity index (χ3v) is 2.66. The van der Waals surface area contributed by atoms with Crippen LogP contribution in [0.2, 0.25) is 0 Å². The lowest BCUT2D eigenvalue weighted by atomic mass is 10.4. The van der Waals surface area contributed by atoms with Gasteiger partial charge in [-0.05, 0) is 36.2 Å². The van der Waals surface area contributed by atoms with Crippen molar-refractivity contribution in [3.8, 4) is 5.88 Å². The number of rotatable bonds is 8. The van der Waals surface area contributed by atoms with E-state index >= 15 is 0 Å². The highest BCUT2D eigenvalue weighted by molar-refractivity contribution is 9.10. The maximum Gasteiger partial charge on any atom is 0.233 e. The minimum atomic E-state index is -0.0461. The van der Waals surface area contributed by atoms with E-state index in [0.717, 1.165) is 17.4 Å². The molecule has 1 heterocycles. The van der Waals surface area contributed by atoms with Crippen molar-refractivity contribution in [3.05, 3.63) is 10.7 Å². The van der Waals surface area contributed by atoms with Crippen molar-refractivity contribution < 1.29 is 9.47 Å². The number of hydrogen-bond donors (Lipinski definition) is 1. The van der Waals surface area contributed by atoms with E-state index in [2.05, 4.69) is 38.1 Å². The first-order chi connectivity index (χ1) is 8.67. The van der Waals surface area contributed by atoms with Crippen LogP contribution in [0.1, 0.15) is 27.2 Å². The predicted molar refractivity (Wildman–Crippen MR) is 75.1 cm³/mol. The van der Waals surface area contributed by atoms with E-state index in [-0.39, 0.29) is 6.10 Å². The number of hydrogen-bond acceptors (Lipinski definition) is 5. The molecule has 0 saturated heterocycles. The maximum atomic E-state index is 5.70. The average molecular weight is 318 g/mol. The van der Waals surface area contributed by atoms with Gasteiger partial charge in [0.05, 0.1) is 17.3 Å². The molecular weight excluding hydrogens is 298 g/mol. The van der Waals surface area contributed by atoms with E-state index in [4.69, 9.17) is 9.47 Å². The van der Waals surface area contributed by atoms with E-state index in [9.17, 15) is 0 Å². The normalized spacial score (nSPS) is 12.2. The standard InChI is InChI=1S/C12H20BrN3O2/c1-4-6-14-12-15-7-10(13)11(16-12)18-9(3)8-17-5-2/h7,9H,4-6,8H2,1-3H3,(H,14,15,16). The molecule has 0 saturated carbocycles. The third-order valence-electron chi connectivity index (χ3n) is 2.11. The highest BCUT2D eigenvalue weighted by atomic mass is 79.9. The monoisotopic (exact) mass is 317 g/mol. The second-order valence-corrected chi connectivity index (χ2v) is 4.72. The van der Waals surface area contributed by atoms with Crippen LogP contribution in [0.4, 0.5) is 5.95 Å². The number of nitrogens with one attached hydrogen (secondary N) is 1. The van der Waals surface area contributed by atoms with E-state index in [1.807, 2.05) is 13.8 Å². The molecule has 1 rings (SSSR count). The topological polar surface area (TPSA) is 56.3 Å². The lowest BCUT2D eigenvalue weighted by molar-refractivity contribution is 0.0629. The van der Waals surface area contributed by atoms with Gasteiger partial charge in [-0.15, -0.1) is 0 Å². The summed E-state index contributed by atoms with van der Waals surface area (Å²) in [4.78, 5) is 8.48. The summed E-state index contributed by atoms with van der Waals surface area (Å²) in [6, 6.07) is 0. The van der Waals surface area contributed by atoms with Crippen LogP contribution in [0.25, 0.3) is 0 Å². The molecule has 0 aliphatic rings. The van der Waals surface area contributed by atoms with Gasteiger partial charge in [-0.25, -0.2) is 4.98 Å². The quantitative estimate of drug-likeness (QED) is 0.799. The minimum absolute atomic E-state index is 0.0461. The van der Waals surface area contributed by atoms with E-state index in [1.54, 1.807) is 6.20 Å². The van der Waals surface area contributed by atoms with E-state index < -0.39 is 0 Å². The third kappa shape index (κ3) is 5.18. The van der Waals surface area contributed by atoms with Gasteiger partial charge in [0.1, 0.15) is 6.10 Å². The molecule has 18 heavy (non-hydrogen) atoms. The van der Waals surface area contributed by atoms with Crippen LogP contribution in [0, 0.1) is 0 Å². The molecule has 0 fully saturated rings. The summed E-state index contributed by atoms with van der Waals surface area (Å²) >= 11 is 3.38. The lowest BCUT2D eigenvalue weighted by Gasteiger charge is -2.15. The molecule has 0 radical (unpaired) electrons. The van der Waals surface area contributed by atoms with Gasteiger partial charge in [0.25, 0.3) is 0 Å². The van der Waals surface area contributed by atoms with Crippen LogP contribution < -0.4 is 10.1 Å². The Morgan fingerprint density at radius 1 is 1.44 bits per heavy atom. The van der Waals surface area contributed by atoms with Gasteiger partial charge in [0.2, 0.25) is 11.8 Å². The van der Waals surface area contributed by atoms with E-state index in [0.29, 0.717) is 25.0 Å². The number of ether oxygens (including phenoxy) is 2. The fourth-order valence-electron chi connectivity index (χ4n) is 1.26. The van der Waals surface area contributed by atoms with Gasteiger partial charge in [-0.3, -0.25) is 0 Å². The van der Waals surface area contributed by atoms with Crippen molar-refractivity contribution in [1.82, 2.24) is 9.97 Å². The highest BCUT2D eigenvalue weighted by Gasteiger charge is 2.10. The van der Waals surface area contributed by atoms with Crippen LogP contribution in [-0.4, -0.2) is 35.8 Å². The van der Waals surface area contributed by atoms with Crippen LogP contribution in [0.15, 0.2) is 10.7 Å². The summed E-state index contributed by atoms with van der Waals surface area (Å²) in [5, 5.41) is 3.12. The van der Waals surface area contributed by atoms with Crippen LogP contribution in [-0.2, 0) is 4.74 Å². The predicted octanol–water partition coefficient (Wildman–Crippen LogP) is 2.86. The molecule has 0 amide bonds. The number of halogens is 1. The molecule has 0 bridgehead atoms. The molecule has 0 aliphatic heterocycles. The zero-order valence-corrected chi connectivity index (χ0v) is 12.7. The van der Waals surface area contributed by atoms with Crippen molar-refractivity contribution in [3.63, 3.8) is 0 Å². The maximum absolute atomic E-state index is 5.70. The Kier molecular flexibility index (Phi) is 6.97. The first-order valence-electron chi connectivity index (χ1n) is 6.18. The number of aromatic nitrogens is 2. The summed E-state index contributed by atoms with van der Waals surface area (Å²) in [6.07, 6.45) is 2.67. The Balaban J connectivity index is 2.62. The Bertz CT molecular complexity index is 363. The zero-order chi connectivity index (χ0) is 13.4. The van der Waals surface area contributed by atoms with Crippen molar-refractivity contribution >= 4 is 21.9 Å². The van der Waals surface area contributed by atoms with Crippen molar-refractivity contribution in [2.24, 2.45) is 0 Å². The SMILES string of the molecule is CCCNc1ncc(Br)c(OC(C)COCC)n1. The molecule has 1 unspecified atom stereocenters. The van der Waals surface area contributed by atoms with Gasteiger partial charge in [0, 0.05) is 13.2 Å². The van der Waals surface area contributed by atoms with Crippen LogP contribution in [0.3, 0.4) is 0 Å². The van der Waals surface area contributed by atoms with Gasteiger partial charge in [-0.1, -0.05) is 6.92 Å². The fourth-order valence-corrected chi connectivity index (χ4v) is 1.55. The fraction of sp³-hybridized carbons (Fsp3) is 0.667. The van der Waals surface area contributed by atoms with Crippen molar-refractivity contribution in [2.75, 3.05) is 25.1 Å². The Morgan fingerprint density at radius 2 is 2.22 bits per heavy atom. The Hall–Kier alpha value is -0.880. The second-order valence-electron chi connectivity index (χ2n) is 3.86. The largest absolute Gasteiger partial charge is 0.471 e. The summed E-state index contributed by atoms with van der Waals surface area (Å²) < 4.78 is 11.8. The molecule has 102 valence electrons. The number of anilines is 1. The minimum Gasteiger partial charge on any atom is -0.471 e. The van der Waals surface area contributed by atoms with Crippen molar-refractivity contribution in [1.29, 1.82) is 0 Å². The van der Waals surface area contributed by atoms with Gasteiger partial charge >= 0.3 is 0 Å². The van der Waals surface area contributed by atoms with E-state index in [1.165, 1.54) is 0 Å². The Labute approximate surface area is 116 Å². The van der Waals surface area contributed by atoms with Crippen LogP contribution in [0.5, 0.6) is 5.88 Å². The molecule has 1 N–H and O–H groups in total.